The maximum atomic E-state index is 12.2. The van der Waals surface area contributed by atoms with E-state index in [4.69, 9.17) is 18.9 Å². The van der Waals surface area contributed by atoms with Gasteiger partial charge in [-0.1, -0.05) is 0 Å². The van der Waals surface area contributed by atoms with Crippen molar-refractivity contribution in [3.8, 4) is 17.2 Å². The van der Waals surface area contributed by atoms with Gasteiger partial charge in [-0.15, -0.1) is 0 Å². The summed E-state index contributed by atoms with van der Waals surface area (Å²) in [7, 11) is 3.18. The molecule has 0 aromatic heterocycles. The molecule has 0 bridgehead atoms. The molecule has 0 aliphatic carbocycles. The largest absolute Gasteiger partial charge is 0.497 e. The summed E-state index contributed by atoms with van der Waals surface area (Å²) in [6.45, 7) is 3.91. The Morgan fingerprint density at radius 1 is 1.11 bits per heavy atom. The van der Waals surface area contributed by atoms with Gasteiger partial charge in [0.25, 0.3) is 0 Å². The van der Waals surface area contributed by atoms with Crippen LogP contribution in [0.15, 0.2) is 47.1 Å². The molecule has 1 aliphatic rings. The summed E-state index contributed by atoms with van der Waals surface area (Å²) in [4.78, 5) is 16.6. The summed E-state index contributed by atoms with van der Waals surface area (Å²) < 4.78 is 22.6. The lowest BCUT2D eigenvalue weighted by atomic mass is 10.1. The third kappa shape index (κ3) is 4.46. The van der Waals surface area contributed by atoms with E-state index in [1.165, 1.54) is 0 Å². The smallest absolute Gasteiger partial charge is 0.363 e. The van der Waals surface area contributed by atoms with E-state index in [2.05, 4.69) is 27.6 Å². The number of esters is 1. The van der Waals surface area contributed by atoms with Gasteiger partial charge in [-0.3, -0.25) is 0 Å². The second-order valence-electron chi connectivity index (χ2n) is 6.27. The highest BCUT2D eigenvalue weighted by Crippen LogP contribution is 2.35. The van der Waals surface area contributed by atoms with E-state index >= 15 is 0 Å². The average molecular weight is 493 g/mol. The van der Waals surface area contributed by atoms with Crippen LogP contribution >= 0.6 is 22.6 Å². The van der Waals surface area contributed by atoms with Crippen molar-refractivity contribution in [1.82, 2.24) is 0 Å². The highest BCUT2D eigenvalue weighted by Gasteiger charge is 2.24. The van der Waals surface area contributed by atoms with Crippen molar-refractivity contribution in [2.24, 2.45) is 4.99 Å². The molecule has 2 aromatic carbocycles. The number of nitrogens with zero attached hydrogens (tertiary/aromatic N) is 1. The molecule has 0 unspecified atom stereocenters. The van der Waals surface area contributed by atoms with Crippen molar-refractivity contribution in [2.75, 3.05) is 14.2 Å². The molecule has 2 aromatic rings. The van der Waals surface area contributed by atoms with Gasteiger partial charge < -0.3 is 18.9 Å². The van der Waals surface area contributed by atoms with Gasteiger partial charge in [-0.25, -0.2) is 9.79 Å². The second kappa shape index (κ2) is 8.64. The van der Waals surface area contributed by atoms with Crippen LogP contribution in [0.2, 0.25) is 0 Å². The summed E-state index contributed by atoms with van der Waals surface area (Å²) in [6.07, 6.45) is 1.69. The van der Waals surface area contributed by atoms with E-state index in [0.717, 1.165) is 14.9 Å². The molecule has 6 nitrogen and oxygen atoms in total. The molecule has 0 N–H and O–H groups in total. The van der Waals surface area contributed by atoms with E-state index < -0.39 is 5.97 Å². The van der Waals surface area contributed by atoms with Gasteiger partial charge in [0, 0.05) is 5.56 Å². The van der Waals surface area contributed by atoms with Crippen LogP contribution in [0, 0.1) is 3.57 Å². The van der Waals surface area contributed by atoms with E-state index in [9.17, 15) is 4.79 Å². The molecular formula is C21H20INO5. The van der Waals surface area contributed by atoms with E-state index in [-0.39, 0.29) is 17.7 Å². The van der Waals surface area contributed by atoms with Gasteiger partial charge >= 0.3 is 5.97 Å². The zero-order chi connectivity index (χ0) is 20.3. The lowest BCUT2D eigenvalue weighted by Gasteiger charge is -2.15. The fourth-order valence-electron chi connectivity index (χ4n) is 2.60. The first kappa shape index (κ1) is 20.2. The number of aliphatic imine (C=N–C) groups is 1. The fraction of sp³-hybridized carbons (Fsp3) is 0.238. The third-order valence-electron chi connectivity index (χ3n) is 3.87. The molecular weight excluding hydrogens is 473 g/mol. The topological polar surface area (TPSA) is 66.3 Å². The highest BCUT2D eigenvalue weighted by molar-refractivity contribution is 14.1. The molecule has 0 radical (unpaired) electrons. The molecule has 0 amide bonds. The van der Waals surface area contributed by atoms with E-state index in [1.54, 1.807) is 50.6 Å². The van der Waals surface area contributed by atoms with Crippen LogP contribution in [0.4, 0.5) is 0 Å². The zero-order valence-corrected chi connectivity index (χ0v) is 18.1. The number of benzene rings is 2. The normalized spacial score (nSPS) is 14.9. The first-order chi connectivity index (χ1) is 13.4. The number of methoxy groups -OCH3 is 2. The molecule has 28 heavy (non-hydrogen) atoms. The predicted octanol–water partition coefficient (Wildman–Crippen LogP) is 4.44. The van der Waals surface area contributed by atoms with Gasteiger partial charge in [-0.2, -0.15) is 0 Å². The van der Waals surface area contributed by atoms with Crippen LogP contribution in [0.3, 0.4) is 0 Å². The number of carbonyl (C=O) groups is 1. The van der Waals surface area contributed by atoms with Crippen molar-refractivity contribution >= 4 is 40.5 Å². The summed E-state index contributed by atoms with van der Waals surface area (Å²) in [6, 6.07) is 10.9. The monoisotopic (exact) mass is 493 g/mol. The number of hydrogen-bond acceptors (Lipinski definition) is 6. The van der Waals surface area contributed by atoms with Crippen LogP contribution in [-0.4, -0.2) is 32.2 Å². The summed E-state index contributed by atoms with van der Waals surface area (Å²) in [5, 5.41) is 0. The number of carbonyl (C=O) groups excluding carboxylic acids is 1. The molecule has 0 fully saturated rings. The summed E-state index contributed by atoms with van der Waals surface area (Å²) in [5.74, 6) is 1.76. The van der Waals surface area contributed by atoms with Crippen molar-refractivity contribution in [2.45, 2.75) is 20.0 Å². The Bertz CT molecular complexity index is 948. The van der Waals surface area contributed by atoms with Gasteiger partial charge in [0.15, 0.2) is 17.2 Å². The number of ether oxygens (including phenoxy) is 4. The zero-order valence-electron chi connectivity index (χ0n) is 16.0. The molecule has 7 heteroatoms. The van der Waals surface area contributed by atoms with Crippen molar-refractivity contribution in [3.05, 3.63) is 56.8 Å². The minimum absolute atomic E-state index is 0.0214. The molecule has 0 saturated carbocycles. The first-order valence-electron chi connectivity index (χ1n) is 8.62. The predicted molar refractivity (Wildman–Crippen MR) is 115 cm³/mol. The Balaban J connectivity index is 1.92. The van der Waals surface area contributed by atoms with Crippen LogP contribution in [0.25, 0.3) is 6.08 Å². The standard InChI is InChI=1S/C21H20INO5/c1-12(2)27-19-16(22)9-13(11-18(19)26-4)10-17-21(24)28-20(23-17)14-5-7-15(25-3)8-6-14/h5-12H,1-4H3/b17-10-. The quantitative estimate of drug-likeness (QED) is 0.338. The number of hydrogen-bond donors (Lipinski definition) is 0. The molecule has 0 atom stereocenters. The number of cyclic esters (lactones) is 1. The molecule has 0 saturated heterocycles. The lowest BCUT2D eigenvalue weighted by Crippen LogP contribution is -2.08. The van der Waals surface area contributed by atoms with Gasteiger partial charge in [0.1, 0.15) is 5.75 Å². The molecule has 0 spiro atoms. The molecule has 1 heterocycles. The van der Waals surface area contributed by atoms with Crippen molar-refractivity contribution in [3.63, 3.8) is 0 Å². The Kier molecular flexibility index (Phi) is 6.23. The third-order valence-corrected chi connectivity index (χ3v) is 4.67. The van der Waals surface area contributed by atoms with Gasteiger partial charge in [0.05, 0.1) is 23.9 Å². The number of halogens is 1. The average Bonchev–Trinajstić information content (AvgIpc) is 3.04. The highest BCUT2D eigenvalue weighted by atomic mass is 127. The first-order valence-corrected chi connectivity index (χ1v) is 9.70. The molecule has 3 rings (SSSR count). The maximum absolute atomic E-state index is 12.2. The van der Waals surface area contributed by atoms with Gasteiger partial charge in [0.2, 0.25) is 5.90 Å². The van der Waals surface area contributed by atoms with Crippen LogP contribution in [0.1, 0.15) is 25.0 Å². The maximum Gasteiger partial charge on any atom is 0.363 e. The Morgan fingerprint density at radius 2 is 1.82 bits per heavy atom. The van der Waals surface area contributed by atoms with E-state index in [0.29, 0.717) is 17.1 Å². The van der Waals surface area contributed by atoms with Crippen molar-refractivity contribution in [1.29, 1.82) is 0 Å². The fourth-order valence-corrected chi connectivity index (χ4v) is 3.35. The Labute approximate surface area is 177 Å². The second-order valence-corrected chi connectivity index (χ2v) is 7.43. The summed E-state index contributed by atoms with van der Waals surface area (Å²) >= 11 is 2.18. The minimum Gasteiger partial charge on any atom is -0.497 e. The van der Waals surface area contributed by atoms with Crippen LogP contribution in [-0.2, 0) is 9.53 Å². The minimum atomic E-state index is -0.498. The van der Waals surface area contributed by atoms with E-state index in [1.807, 2.05) is 19.9 Å². The Morgan fingerprint density at radius 3 is 2.43 bits per heavy atom. The van der Waals surface area contributed by atoms with Crippen LogP contribution in [0.5, 0.6) is 17.2 Å². The van der Waals surface area contributed by atoms with Crippen molar-refractivity contribution < 1.29 is 23.7 Å². The number of rotatable bonds is 6. The Hall–Kier alpha value is -2.55. The lowest BCUT2D eigenvalue weighted by molar-refractivity contribution is -0.129. The molecule has 146 valence electrons. The molecule has 1 aliphatic heterocycles. The van der Waals surface area contributed by atoms with Crippen LogP contribution < -0.4 is 14.2 Å². The van der Waals surface area contributed by atoms with Gasteiger partial charge in [-0.05, 0) is 84.5 Å². The SMILES string of the molecule is COc1ccc(C2=N/C(=C\c3cc(I)c(OC(C)C)c(OC)c3)C(=O)O2)cc1. The summed E-state index contributed by atoms with van der Waals surface area (Å²) in [5.41, 5.74) is 1.69.